The van der Waals surface area contributed by atoms with Crippen molar-refractivity contribution < 1.29 is 13.9 Å². The van der Waals surface area contributed by atoms with E-state index in [2.05, 4.69) is 13.8 Å². The molecular formula is C21H29FO2. The van der Waals surface area contributed by atoms with Gasteiger partial charge in [-0.25, -0.2) is 4.39 Å². The van der Waals surface area contributed by atoms with Crippen molar-refractivity contribution >= 4 is 16.7 Å². The standard InChI is InChI=1S/C19H23FO2.C2H6/c1-6-15-17(20)8-7-13-9-14(22-19(21)12(4)5)10-16(11(2)3)18(13)15;1-2/h7-12H,6H2,1-5H3;1-2H3. The van der Waals surface area contributed by atoms with E-state index < -0.39 is 0 Å². The Morgan fingerprint density at radius 3 is 2.25 bits per heavy atom. The maximum Gasteiger partial charge on any atom is 0.313 e. The summed E-state index contributed by atoms with van der Waals surface area (Å²) in [5.74, 6) is 0.129. The Bertz CT molecular complexity index is 703. The number of esters is 1. The van der Waals surface area contributed by atoms with Gasteiger partial charge in [-0.05, 0) is 52.4 Å². The molecule has 0 spiro atoms. The summed E-state index contributed by atoms with van der Waals surface area (Å²) in [6.07, 6.45) is 0.633. The smallest absolute Gasteiger partial charge is 0.313 e. The molecule has 0 atom stereocenters. The van der Waals surface area contributed by atoms with Gasteiger partial charge >= 0.3 is 5.97 Å². The molecule has 0 aliphatic heterocycles. The molecule has 3 heteroatoms. The van der Waals surface area contributed by atoms with Crippen LogP contribution in [0.15, 0.2) is 24.3 Å². The Labute approximate surface area is 145 Å². The molecule has 2 aromatic rings. The summed E-state index contributed by atoms with van der Waals surface area (Å²) in [5.41, 5.74) is 1.74. The molecule has 0 saturated carbocycles. The fourth-order valence-electron chi connectivity index (χ4n) is 2.62. The molecule has 0 saturated heterocycles. The summed E-state index contributed by atoms with van der Waals surface area (Å²) in [5, 5.41) is 1.86. The van der Waals surface area contributed by atoms with Crippen molar-refractivity contribution in [3.63, 3.8) is 0 Å². The van der Waals surface area contributed by atoms with Gasteiger partial charge in [-0.15, -0.1) is 0 Å². The van der Waals surface area contributed by atoms with E-state index in [1.807, 2.05) is 32.9 Å². The van der Waals surface area contributed by atoms with E-state index in [9.17, 15) is 9.18 Å². The van der Waals surface area contributed by atoms with Gasteiger partial charge in [0.05, 0.1) is 5.92 Å². The molecule has 2 nitrogen and oxygen atoms in total. The van der Waals surface area contributed by atoms with E-state index in [0.29, 0.717) is 12.2 Å². The summed E-state index contributed by atoms with van der Waals surface area (Å²) in [4.78, 5) is 11.8. The van der Waals surface area contributed by atoms with Crippen LogP contribution in [0, 0.1) is 11.7 Å². The molecular weight excluding hydrogens is 303 g/mol. The molecule has 0 heterocycles. The van der Waals surface area contributed by atoms with Crippen LogP contribution in [0.3, 0.4) is 0 Å². The van der Waals surface area contributed by atoms with Crippen LogP contribution in [0.5, 0.6) is 5.75 Å². The average Bonchev–Trinajstić information content (AvgIpc) is 2.56. The second-order valence-electron chi connectivity index (χ2n) is 6.22. The Kier molecular flexibility index (Phi) is 7.40. The third-order valence-corrected chi connectivity index (χ3v) is 3.84. The first-order valence-electron chi connectivity index (χ1n) is 8.81. The first-order valence-corrected chi connectivity index (χ1v) is 8.81. The van der Waals surface area contributed by atoms with Gasteiger partial charge in [-0.2, -0.15) is 0 Å². The number of ether oxygens (including phenoxy) is 1. The molecule has 0 bridgehead atoms. The van der Waals surface area contributed by atoms with Crippen LogP contribution in [0.1, 0.15) is 65.5 Å². The molecule has 0 aliphatic carbocycles. The topological polar surface area (TPSA) is 26.3 Å². The maximum atomic E-state index is 14.1. The minimum Gasteiger partial charge on any atom is -0.426 e. The van der Waals surface area contributed by atoms with Gasteiger partial charge in [0.2, 0.25) is 0 Å². The van der Waals surface area contributed by atoms with Gasteiger partial charge in [-0.1, -0.05) is 54.5 Å². The van der Waals surface area contributed by atoms with Crippen molar-refractivity contribution in [1.82, 2.24) is 0 Å². The number of aryl methyl sites for hydroxylation is 1. The van der Waals surface area contributed by atoms with Gasteiger partial charge in [0, 0.05) is 0 Å². The van der Waals surface area contributed by atoms with E-state index in [1.165, 1.54) is 6.07 Å². The summed E-state index contributed by atoms with van der Waals surface area (Å²) in [6, 6.07) is 6.92. The third kappa shape index (κ3) is 4.34. The number of benzene rings is 2. The van der Waals surface area contributed by atoms with Gasteiger partial charge < -0.3 is 4.74 Å². The van der Waals surface area contributed by atoms with Crippen LogP contribution in [0.4, 0.5) is 4.39 Å². The van der Waals surface area contributed by atoms with Crippen molar-refractivity contribution in [2.75, 3.05) is 0 Å². The largest absolute Gasteiger partial charge is 0.426 e. The fraction of sp³-hybridized carbons (Fsp3) is 0.476. The van der Waals surface area contributed by atoms with Crippen molar-refractivity contribution in [2.24, 2.45) is 5.92 Å². The third-order valence-electron chi connectivity index (χ3n) is 3.84. The number of halogens is 1. The number of hydrogen-bond donors (Lipinski definition) is 0. The van der Waals surface area contributed by atoms with Crippen molar-refractivity contribution in [1.29, 1.82) is 0 Å². The highest BCUT2D eigenvalue weighted by Gasteiger charge is 2.16. The SMILES string of the molecule is CC.CCc1c(F)ccc2cc(OC(=O)C(C)C)cc(C(C)C)c12. The molecule has 0 radical (unpaired) electrons. The molecule has 132 valence electrons. The normalized spacial score (nSPS) is 10.8. The van der Waals surface area contributed by atoms with Crippen LogP contribution in [-0.2, 0) is 11.2 Å². The van der Waals surface area contributed by atoms with Crippen molar-refractivity contribution in [3.8, 4) is 5.75 Å². The monoisotopic (exact) mass is 332 g/mol. The Morgan fingerprint density at radius 1 is 1.12 bits per heavy atom. The van der Waals surface area contributed by atoms with E-state index in [-0.39, 0.29) is 23.6 Å². The highest BCUT2D eigenvalue weighted by Crippen LogP contribution is 2.34. The van der Waals surface area contributed by atoms with Gasteiger partial charge in [0.15, 0.2) is 0 Å². The van der Waals surface area contributed by atoms with E-state index >= 15 is 0 Å². The molecule has 0 aromatic heterocycles. The van der Waals surface area contributed by atoms with E-state index in [0.717, 1.165) is 21.9 Å². The minimum atomic E-state index is -0.258. The zero-order valence-corrected chi connectivity index (χ0v) is 15.9. The van der Waals surface area contributed by atoms with Crippen molar-refractivity contribution in [3.05, 3.63) is 41.2 Å². The minimum absolute atomic E-state index is 0.177. The Balaban J connectivity index is 0.00000139. The first-order chi connectivity index (χ1) is 11.3. The lowest BCUT2D eigenvalue weighted by molar-refractivity contribution is -0.137. The molecule has 2 rings (SSSR count). The zero-order chi connectivity index (χ0) is 18.4. The van der Waals surface area contributed by atoms with Crippen molar-refractivity contribution in [2.45, 2.75) is 60.8 Å². The highest BCUT2D eigenvalue weighted by atomic mass is 19.1. The van der Waals surface area contributed by atoms with Crippen LogP contribution >= 0.6 is 0 Å². The lowest BCUT2D eigenvalue weighted by Crippen LogP contribution is -2.15. The number of rotatable bonds is 4. The Hall–Kier alpha value is -1.90. The van der Waals surface area contributed by atoms with Crippen LogP contribution in [0.25, 0.3) is 10.8 Å². The fourth-order valence-corrected chi connectivity index (χ4v) is 2.62. The summed E-state index contributed by atoms with van der Waals surface area (Å²) in [6.45, 7) is 13.7. The second kappa shape index (κ2) is 8.81. The predicted molar refractivity (Wildman–Crippen MR) is 99.2 cm³/mol. The zero-order valence-electron chi connectivity index (χ0n) is 15.9. The van der Waals surface area contributed by atoms with Gasteiger partial charge in [-0.3, -0.25) is 4.79 Å². The predicted octanol–water partition coefficient (Wildman–Crippen LogP) is 6.25. The quantitative estimate of drug-likeness (QED) is 0.488. The lowest BCUT2D eigenvalue weighted by Gasteiger charge is -2.17. The van der Waals surface area contributed by atoms with Crippen LogP contribution < -0.4 is 4.74 Å². The summed E-state index contributed by atoms with van der Waals surface area (Å²) in [7, 11) is 0. The van der Waals surface area contributed by atoms with Crippen LogP contribution in [-0.4, -0.2) is 5.97 Å². The Morgan fingerprint density at radius 2 is 1.75 bits per heavy atom. The number of fused-ring (bicyclic) bond motifs is 1. The molecule has 0 fully saturated rings. The highest BCUT2D eigenvalue weighted by molar-refractivity contribution is 5.91. The lowest BCUT2D eigenvalue weighted by atomic mass is 9.91. The molecule has 0 aliphatic rings. The second-order valence-corrected chi connectivity index (χ2v) is 6.22. The average molecular weight is 332 g/mol. The molecule has 24 heavy (non-hydrogen) atoms. The molecule has 0 amide bonds. The number of hydrogen-bond acceptors (Lipinski definition) is 2. The maximum absolute atomic E-state index is 14.1. The van der Waals surface area contributed by atoms with Gasteiger partial charge in [0.25, 0.3) is 0 Å². The van der Waals surface area contributed by atoms with E-state index in [1.54, 1.807) is 19.9 Å². The van der Waals surface area contributed by atoms with Crippen LogP contribution in [0.2, 0.25) is 0 Å². The number of carbonyl (C=O) groups excluding carboxylic acids is 1. The number of carbonyl (C=O) groups is 1. The molecule has 2 aromatic carbocycles. The molecule has 0 N–H and O–H groups in total. The first kappa shape index (κ1) is 20.1. The van der Waals surface area contributed by atoms with Gasteiger partial charge in [0.1, 0.15) is 11.6 Å². The molecule has 0 unspecified atom stereocenters. The van der Waals surface area contributed by atoms with E-state index in [4.69, 9.17) is 4.74 Å². The summed E-state index contributed by atoms with van der Waals surface area (Å²) >= 11 is 0. The summed E-state index contributed by atoms with van der Waals surface area (Å²) < 4.78 is 19.5.